The molecule has 0 saturated heterocycles. The van der Waals surface area contributed by atoms with Crippen molar-refractivity contribution in [2.24, 2.45) is 0 Å². The topological polar surface area (TPSA) is 68.0 Å². The maximum atomic E-state index is 11.2. The molecule has 5 heteroatoms. The van der Waals surface area contributed by atoms with E-state index < -0.39 is 5.97 Å². The summed E-state index contributed by atoms with van der Waals surface area (Å²) in [6.45, 7) is 5.86. The number of carboxylic acid groups (broad SMARTS) is 1. The number of rotatable bonds is 3. The van der Waals surface area contributed by atoms with Crippen LogP contribution in [0.15, 0.2) is 30.5 Å². The fraction of sp³-hybridized carbons (Fsp3) is 0.235. The number of carboxylic acids is 1. The van der Waals surface area contributed by atoms with E-state index in [1.807, 2.05) is 45.0 Å². The number of carbonyl (C=O) groups is 1. The number of pyridine rings is 1. The molecule has 22 heavy (non-hydrogen) atoms. The first-order valence-electron chi connectivity index (χ1n) is 7.08. The fourth-order valence-corrected chi connectivity index (χ4v) is 2.50. The number of benzene rings is 1. The highest BCUT2D eigenvalue weighted by molar-refractivity contribution is 5.80. The molecule has 3 rings (SSSR count). The number of hydrogen-bond donors (Lipinski definition) is 1. The first kappa shape index (κ1) is 14.3. The van der Waals surface area contributed by atoms with Crippen LogP contribution in [-0.4, -0.2) is 25.6 Å². The molecule has 0 fully saturated rings. The van der Waals surface area contributed by atoms with E-state index in [1.54, 1.807) is 10.8 Å². The second-order valence-corrected chi connectivity index (χ2v) is 5.57. The molecule has 0 atom stereocenters. The number of aryl methyl sites for hydroxylation is 3. The minimum absolute atomic E-state index is 0.158. The lowest BCUT2D eigenvalue weighted by molar-refractivity contribution is -0.137. The van der Waals surface area contributed by atoms with Gasteiger partial charge < -0.3 is 5.11 Å². The number of hydrogen-bond acceptors (Lipinski definition) is 3. The van der Waals surface area contributed by atoms with E-state index in [2.05, 4.69) is 9.97 Å². The molecule has 0 saturated carbocycles. The Morgan fingerprint density at radius 3 is 2.64 bits per heavy atom. The lowest BCUT2D eigenvalue weighted by Crippen LogP contribution is -2.10. The van der Waals surface area contributed by atoms with Crippen molar-refractivity contribution in [2.75, 3.05) is 0 Å². The third-order valence-electron chi connectivity index (χ3n) is 3.78. The minimum Gasteiger partial charge on any atom is -0.480 e. The first-order valence-corrected chi connectivity index (χ1v) is 7.08. The summed E-state index contributed by atoms with van der Waals surface area (Å²) in [4.78, 5) is 20.2. The van der Waals surface area contributed by atoms with E-state index >= 15 is 0 Å². The van der Waals surface area contributed by atoms with Gasteiger partial charge in [0.15, 0.2) is 5.65 Å². The molecule has 0 unspecified atom stereocenters. The molecule has 0 aliphatic carbocycles. The van der Waals surface area contributed by atoms with E-state index in [9.17, 15) is 9.90 Å². The van der Waals surface area contributed by atoms with Crippen molar-refractivity contribution in [3.8, 4) is 11.4 Å². The van der Waals surface area contributed by atoms with Gasteiger partial charge in [0.25, 0.3) is 0 Å². The molecule has 5 nitrogen and oxygen atoms in total. The van der Waals surface area contributed by atoms with Crippen LogP contribution in [0.2, 0.25) is 0 Å². The molecule has 0 radical (unpaired) electrons. The van der Waals surface area contributed by atoms with Crippen molar-refractivity contribution < 1.29 is 9.90 Å². The second-order valence-electron chi connectivity index (χ2n) is 5.57. The standard InChI is InChI=1S/C17H17N3O2/c1-10-6-14-17(18-8-10)20(9-15(21)22)16(19-14)13-5-4-11(2)12(3)7-13/h4-8H,9H2,1-3H3,(H,21,22). The van der Waals surface area contributed by atoms with Crippen LogP contribution in [0.3, 0.4) is 0 Å². The van der Waals surface area contributed by atoms with Crippen LogP contribution < -0.4 is 0 Å². The Morgan fingerprint density at radius 2 is 1.95 bits per heavy atom. The molecule has 0 spiro atoms. The molecule has 2 heterocycles. The van der Waals surface area contributed by atoms with Gasteiger partial charge in [-0.1, -0.05) is 12.1 Å². The van der Waals surface area contributed by atoms with Crippen molar-refractivity contribution in [2.45, 2.75) is 27.3 Å². The van der Waals surface area contributed by atoms with E-state index in [4.69, 9.17) is 0 Å². The van der Waals surface area contributed by atoms with Crippen LogP contribution in [0, 0.1) is 20.8 Å². The quantitative estimate of drug-likeness (QED) is 0.806. The van der Waals surface area contributed by atoms with Gasteiger partial charge >= 0.3 is 5.97 Å². The van der Waals surface area contributed by atoms with Crippen LogP contribution >= 0.6 is 0 Å². The second kappa shape index (κ2) is 5.26. The number of nitrogens with zero attached hydrogens (tertiary/aromatic N) is 3. The Balaban J connectivity index is 2.26. The maximum absolute atomic E-state index is 11.2. The Labute approximate surface area is 128 Å². The van der Waals surface area contributed by atoms with E-state index in [0.29, 0.717) is 11.5 Å². The lowest BCUT2D eigenvalue weighted by atomic mass is 10.1. The average Bonchev–Trinajstić information content (AvgIpc) is 2.79. The van der Waals surface area contributed by atoms with Gasteiger partial charge in [-0.05, 0) is 49.6 Å². The Kier molecular flexibility index (Phi) is 3.41. The monoisotopic (exact) mass is 295 g/mol. The Morgan fingerprint density at radius 1 is 1.18 bits per heavy atom. The van der Waals surface area contributed by atoms with Gasteiger partial charge in [0.2, 0.25) is 0 Å². The summed E-state index contributed by atoms with van der Waals surface area (Å²) in [6.07, 6.45) is 1.73. The van der Waals surface area contributed by atoms with E-state index in [1.165, 1.54) is 5.56 Å². The maximum Gasteiger partial charge on any atom is 0.323 e. The summed E-state index contributed by atoms with van der Waals surface area (Å²) in [6, 6.07) is 7.94. The molecule has 0 aliphatic heterocycles. The first-order chi connectivity index (χ1) is 10.5. The third-order valence-corrected chi connectivity index (χ3v) is 3.78. The summed E-state index contributed by atoms with van der Waals surface area (Å²) in [5.41, 5.74) is 5.56. The number of aliphatic carboxylic acids is 1. The molecule has 0 bridgehead atoms. The molecular formula is C17H17N3O2. The number of imidazole rings is 1. The van der Waals surface area contributed by atoms with Gasteiger partial charge in [-0.15, -0.1) is 0 Å². The predicted octanol–water partition coefficient (Wildman–Crippen LogP) is 3.11. The zero-order valence-corrected chi connectivity index (χ0v) is 12.8. The summed E-state index contributed by atoms with van der Waals surface area (Å²) >= 11 is 0. The Hall–Kier alpha value is -2.69. The van der Waals surface area contributed by atoms with E-state index in [-0.39, 0.29) is 6.54 Å². The SMILES string of the molecule is Cc1cnc2c(c1)nc(-c1ccc(C)c(C)c1)n2CC(=O)O. The van der Waals surface area contributed by atoms with Gasteiger partial charge in [0.1, 0.15) is 17.9 Å². The fourth-order valence-electron chi connectivity index (χ4n) is 2.50. The highest BCUT2D eigenvalue weighted by Gasteiger charge is 2.16. The van der Waals surface area contributed by atoms with Crippen molar-refractivity contribution in [1.29, 1.82) is 0 Å². The van der Waals surface area contributed by atoms with E-state index in [0.717, 1.165) is 22.2 Å². The van der Waals surface area contributed by atoms with Gasteiger partial charge in [0.05, 0.1) is 0 Å². The molecule has 1 aromatic carbocycles. The smallest absolute Gasteiger partial charge is 0.323 e. The highest BCUT2D eigenvalue weighted by Crippen LogP contribution is 2.25. The predicted molar refractivity (Wildman–Crippen MR) is 84.8 cm³/mol. The van der Waals surface area contributed by atoms with Crippen molar-refractivity contribution in [1.82, 2.24) is 14.5 Å². The van der Waals surface area contributed by atoms with Crippen LogP contribution in [0.5, 0.6) is 0 Å². The van der Waals surface area contributed by atoms with Crippen molar-refractivity contribution in [3.63, 3.8) is 0 Å². The van der Waals surface area contributed by atoms with Crippen LogP contribution in [0.4, 0.5) is 0 Å². The molecule has 112 valence electrons. The Bertz CT molecular complexity index is 881. The van der Waals surface area contributed by atoms with Crippen LogP contribution in [0.1, 0.15) is 16.7 Å². The summed E-state index contributed by atoms with van der Waals surface area (Å²) in [5.74, 6) is -0.273. The van der Waals surface area contributed by atoms with Gasteiger partial charge in [-0.3, -0.25) is 9.36 Å². The van der Waals surface area contributed by atoms with Gasteiger partial charge in [-0.25, -0.2) is 9.97 Å². The van der Waals surface area contributed by atoms with Crippen molar-refractivity contribution >= 4 is 17.1 Å². The van der Waals surface area contributed by atoms with Gasteiger partial charge in [0, 0.05) is 11.8 Å². The van der Waals surface area contributed by atoms with Crippen molar-refractivity contribution in [3.05, 3.63) is 47.2 Å². The highest BCUT2D eigenvalue weighted by atomic mass is 16.4. The molecule has 0 aliphatic rings. The zero-order valence-electron chi connectivity index (χ0n) is 12.8. The van der Waals surface area contributed by atoms with Crippen LogP contribution in [0.25, 0.3) is 22.6 Å². The molecule has 0 amide bonds. The molecular weight excluding hydrogens is 278 g/mol. The largest absolute Gasteiger partial charge is 0.480 e. The van der Waals surface area contributed by atoms with Crippen LogP contribution in [-0.2, 0) is 11.3 Å². The number of fused-ring (bicyclic) bond motifs is 1. The molecule has 3 aromatic rings. The molecule has 1 N–H and O–H groups in total. The lowest BCUT2D eigenvalue weighted by Gasteiger charge is -2.08. The summed E-state index contributed by atoms with van der Waals surface area (Å²) in [5, 5.41) is 9.19. The normalized spacial score (nSPS) is 11.0. The van der Waals surface area contributed by atoms with Gasteiger partial charge in [-0.2, -0.15) is 0 Å². The zero-order chi connectivity index (χ0) is 15.9. The number of aromatic nitrogens is 3. The summed E-state index contributed by atoms with van der Waals surface area (Å²) < 4.78 is 1.65. The summed E-state index contributed by atoms with van der Waals surface area (Å²) in [7, 11) is 0. The molecule has 2 aromatic heterocycles. The minimum atomic E-state index is -0.910. The third kappa shape index (κ3) is 2.45. The average molecular weight is 295 g/mol.